The lowest BCUT2D eigenvalue weighted by atomic mass is 10.1. The van der Waals surface area contributed by atoms with Gasteiger partial charge in [0.1, 0.15) is 0 Å². The molecule has 0 saturated carbocycles. The standard InChI is InChI=1S/C17H15N3O2/c1-11-6-3-4-9-15(11)16(21)19-14-8-5-7-13(10-14)17-18-12(2)20-22-17/h3-10H,1-2H3,(H,19,21). The van der Waals surface area contributed by atoms with Gasteiger partial charge in [-0.15, -0.1) is 0 Å². The Morgan fingerprint density at radius 2 is 1.91 bits per heavy atom. The maximum Gasteiger partial charge on any atom is 0.257 e. The van der Waals surface area contributed by atoms with Crippen molar-refractivity contribution in [2.24, 2.45) is 0 Å². The predicted octanol–water partition coefficient (Wildman–Crippen LogP) is 3.61. The molecule has 1 heterocycles. The molecule has 0 unspecified atom stereocenters. The second kappa shape index (κ2) is 5.81. The van der Waals surface area contributed by atoms with E-state index in [9.17, 15) is 4.79 Å². The Morgan fingerprint density at radius 1 is 1.09 bits per heavy atom. The number of aryl methyl sites for hydroxylation is 2. The van der Waals surface area contributed by atoms with Gasteiger partial charge >= 0.3 is 0 Å². The summed E-state index contributed by atoms with van der Waals surface area (Å²) in [4.78, 5) is 16.5. The number of anilines is 1. The molecule has 3 rings (SSSR count). The predicted molar refractivity (Wildman–Crippen MR) is 83.6 cm³/mol. The molecule has 5 heteroatoms. The van der Waals surface area contributed by atoms with Crippen LogP contribution in [-0.4, -0.2) is 16.0 Å². The van der Waals surface area contributed by atoms with Gasteiger partial charge in [0.25, 0.3) is 11.8 Å². The molecule has 1 aromatic heterocycles. The van der Waals surface area contributed by atoms with Crippen molar-refractivity contribution >= 4 is 11.6 Å². The van der Waals surface area contributed by atoms with Crippen molar-refractivity contribution in [2.45, 2.75) is 13.8 Å². The van der Waals surface area contributed by atoms with Crippen LogP contribution in [0.25, 0.3) is 11.5 Å². The van der Waals surface area contributed by atoms with Crippen LogP contribution in [0.2, 0.25) is 0 Å². The van der Waals surface area contributed by atoms with E-state index in [1.807, 2.05) is 49.4 Å². The largest absolute Gasteiger partial charge is 0.334 e. The number of hydrogen-bond donors (Lipinski definition) is 1. The molecule has 110 valence electrons. The summed E-state index contributed by atoms with van der Waals surface area (Å²) in [7, 11) is 0. The van der Waals surface area contributed by atoms with Crippen molar-refractivity contribution in [2.75, 3.05) is 5.32 Å². The van der Waals surface area contributed by atoms with Gasteiger partial charge in [0.15, 0.2) is 5.82 Å². The highest BCUT2D eigenvalue weighted by Gasteiger charge is 2.10. The Labute approximate surface area is 128 Å². The number of rotatable bonds is 3. The molecular formula is C17H15N3O2. The lowest BCUT2D eigenvalue weighted by Crippen LogP contribution is -2.13. The van der Waals surface area contributed by atoms with Gasteiger partial charge in [0.2, 0.25) is 0 Å². The smallest absolute Gasteiger partial charge is 0.257 e. The summed E-state index contributed by atoms with van der Waals surface area (Å²) in [6.07, 6.45) is 0. The van der Waals surface area contributed by atoms with E-state index < -0.39 is 0 Å². The summed E-state index contributed by atoms with van der Waals surface area (Å²) in [5.74, 6) is 0.866. The van der Waals surface area contributed by atoms with E-state index >= 15 is 0 Å². The Kier molecular flexibility index (Phi) is 3.70. The minimum absolute atomic E-state index is 0.142. The first-order valence-electron chi connectivity index (χ1n) is 6.91. The SMILES string of the molecule is Cc1noc(-c2cccc(NC(=O)c3ccccc3C)c2)n1. The minimum atomic E-state index is -0.142. The molecule has 0 spiro atoms. The van der Waals surface area contributed by atoms with E-state index in [4.69, 9.17) is 4.52 Å². The number of nitrogens with zero attached hydrogens (tertiary/aromatic N) is 2. The van der Waals surface area contributed by atoms with Gasteiger partial charge in [0, 0.05) is 16.8 Å². The first-order valence-corrected chi connectivity index (χ1v) is 6.91. The van der Waals surface area contributed by atoms with Gasteiger partial charge < -0.3 is 9.84 Å². The zero-order valence-electron chi connectivity index (χ0n) is 12.3. The van der Waals surface area contributed by atoms with E-state index in [0.717, 1.165) is 11.1 Å². The fraction of sp³-hybridized carbons (Fsp3) is 0.118. The Balaban J connectivity index is 1.84. The molecule has 3 aromatic rings. The summed E-state index contributed by atoms with van der Waals surface area (Å²) >= 11 is 0. The van der Waals surface area contributed by atoms with E-state index in [1.165, 1.54) is 0 Å². The van der Waals surface area contributed by atoms with Gasteiger partial charge in [-0.05, 0) is 43.7 Å². The fourth-order valence-electron chi connectivity index (χ4n) is 2.17. The molecule has 0 aliphatic carbocycles. The van der Waals surface area contributed by atoms with Gasteiger partial charge in [-0.1, -0.05) is 29.4 Å². The number of aromatic nitrogens is 2. The minimum Gasteiger partial charge on any atom is -0.334 e. The third-order valence-electron chi connectivity index (χ3n) is 3.28. The molecule has 0 atom stereocenters. The Morgan fingerprint density at radius 3 is 2.64 bits per heavy atom. The first-order chi connectivity index (χ1) is 10.6. The van der Waals surface area contributed by atoms with Crippen molar-refractivity contribution in [3.63, 3.8) is 0 Å². The van der Waals surface area contributed by atoms with Crippen LogP contribution in [0, 0.1) is 13.8 Å². The first kappa shape index (κ1) is 14.0. The van der Waals surface area contributed by atoms with Crippen LogP contribution in [-0.2, 0) is 0 Å². The van der Waals surface area contributed by atoms with E-state index in [1.54, 1.807) is 13.0 Å². The molecule has 0 fully saturated rings. The van der Waals surface area contributed by atoms with Crippen LogP contribution in [0.3, 0.4) is 0 Å². The molecular weight excluding hydrogens is 278 g/mol. The second-order valence-electron chi connectivity index (χ2n) is 5.00. The third kappa shape index (κ3) is 2.88. The summed E-state index contributed by atoms with van der Waals surface area (Å²) < 4.78 is 5.14. The molecule has 2 aromatic carbocycles. The number of benzene rings is 2. The van der Waals surface area contributed by atoms with E-state index in [0.29, 0.717) is 23.0 Å². The Hall–Kier alpha value is -2.95. The number of nitrogens with one attached hydrogen (secondary N) is 1. The van der Waals surface area contributed by atoms with Gasteiger partial charge in [-0.25, -0.2) is 0 Å². The number of carbonyl (C=O) groups excluding carboxylic acids is 1. The maximum atomic E-state index is 12.3. The summed E-state index contributed by atoms with van der Waals surface area (Å²) in [6.45, 7) is 3.67. The maximum absolute atomic E-state index is 12.3. The normalized spacial score (nSPS) is 10.5. The molecule has 1 N–H and O–H groups in total. The lowest BCUT2D eigenvalue weighted by Gasteiger charge is -2.08. The van der Waals surface area contributed by atoms with Gasteiger partial charge in [-0.3, -0.25) is 4.79 Å². The zero-order valence-corrected chi connectivity index (χ0v) is 12.3. The van der Waals surface area contributed by atoms with Crippen LogP contribution in [0.15, 0.2) is 53.1 Å². The number of carbonyl (C=O) groups is 1. The quantitative estimate of drug-likeness (QED) is 0.801. The van der Waals surface area contributed by atoms with Crippen LogP contribution in [0.1, 0.15) is 21.7 Å². The molecule has 5 nitrogen and oxygen atoms in total. The molecule has 0 aliphatic rings. The monoisotopic (exact) mass is 293 g/mol. The van der Waals surface area contributed by atoms with E-state index in [2.05, 4.69) is 15.5 Å². The van der Waals surface area contributed by atoms with Crippen molar-refractivity contribution in [1.82, 2.24) is 10.1 Å². The van der Waals surface area contributed by atoms with Crippen LogP contribution >= 0.6 is 0 Å². The highest BCUT2D eigenvalue weighted by molar-refractivity contribution is 6.05. The molecule has 0 aliphatic heterocycles. The lowest BCUT2D eigenvalue weighted by molar-refractivity contribution is 0.102. The molecule has 22 heavy (non-hydrogen) atoms. The van der Waals surface area contributed by atoms with Crippen molar-refractivity contribution < 1.29 is 9.32 Å². The summed E-state index contributed by atoms with van der Waals surface area (Å²) in [6, 6.07) is 14.8. The molecule has 1 amide bonds. The number of amides is 1. The zero-order chi connectivity index (χ0) is 15.5. The second-order valence-corrected chi connectivity index (χ2v) is 5.00. The van der Waals surface area contributed by atoms with Crippen LogP contribution in [0.5, 0.6) is 0 Å². The summed E-state index contributed by atoms with van der Waals surface area (Å²) in [5.41, 5.74) is 3.04. The van der Waals surface area contributed by atoms with Crippen molar-refractivity contribution in [3.05, 3.63) is 65.5 Å². The molecule has 0 saturated heterocycles. The van der Waals surface area contributed by atoms with E-state index in [-0.39, 0.29) is 5.91 Å². The molecule has 0 radical (unpaired) electrons. The average Bonchev–Trinajstić information content (AvgIpc) is 2.94. The third-order valence-corrected chi connectivity index (χ3v) is 3.28. The van der Waals surface area contributed by atoms with Gasteiger partial charge in [0.05, 0.1) is 0 Å². The number of hydrogen-bond acceptors (Lipinski definition) is 4. The average molecular weight is 293 g/mol. The highest BCUT2D eigenvalue weighted by Crippen LogP contribution is 2.21. The van der Waals surface area contributed by atoms with Gasteiger partial charge in [-0.2, -0.15) is 4.98 Å². The van der Waals surface area contributed by atoms with Crippen LogP contribution < -0.4 is 5.32 Å². The van der Waals surface area contributed by atoms with Crippen molar-refractivity contribution in [1.29, 1.82) is 0 Å². The molecule has 0 bridgehead atoms. The fourth-order valence-corrected chi connectivity index (χ4v) is 2.17. The van der Waals surface area contributed by atoms with Crippen molar-refractivity contribution in [3.8, 4) is 11.5 Å². The Bertz CT molecular complexity index is 824. The highest BCUT2D eigenvalue weighted by atomic mass is 16.5. The topological polar surface area (TPSA) is 68.0 Å². The van der Waals surface area contributed by atoms with Crippen LogP contribution in [0.4, 0.5) is 5.69 Å². The summed E-state index contributed by atoms with van der Waals surface area (Å²) in [5, 5.41) is 6.66.